The van der Waals surface area contributed by atoms with Crippen LogP contribution >= 0.6 is 0 Å². The lowest BCUT2D eigenvalue weighted by molar-refractivity contribution is 0.102. The van der Waals surface area contributed by atoms with Crippen LogP contribution in [0.25, 0.3) is 0 Å². The van der Waals surface area contributed by atoms with Crippen LogP contribution in [0.2, 0.25) is 0 Å². The molecule has 0 saturated carbocycles. The van der Waals surface area contributed by atoms with Gasteiger partial charge in [-0.15, -0.1) is 0 Å². The SMILES string of the molecule is O=C(Nc1ccc(F)cn1)c1cccnc1F. The van der Waals surface area contributed by atoms with Crippen molar-refractivity contribution in [2.45, 2.75) is 0 Å². The first kappa shape index (κ1) is 11.1. The van der Waals surface area contributed by atoms with Gasteiger partial charge in [-0.2, -0.15) is 4.39 Å². The van der Waals surface area contributed by atoms with Crippen molar-refractivity contribution in [3.63, 3.8) is 0 Å². The van der Waals surface area contributed by atoms with E-state index in [-0.39, 0.29) is 11.4 Å². The van der Waals surface area contributed by atoms with Crippen LogP contribution < -0.4 is 5.32 Å². The zero-order valence-corrected chi connectivity index (χ0v) is 8.52. The van der Waals surface area contributed by atoms with Crippen LogP contribution in [0.5, 0.6) is 0 Å². The first-order chi connectivity index (χ1) is 8.16. The average Bonchev–Trinajstić information content (AvgIpc) is 2.32. The highest BCUT2D eigenvalue weighted by Gasteiger charge is 2.12. The lowest BCUT2D eigenvalue weighted by atomic mass is 10.2. The highest BCUT2D eigenvalue weighted by molar-refractivity contribution is 6.03. The first-order valence-electron chi connectivity index (χ1n) is 4.70. The van der Waals surface area contributed by atoms with E-state index in [1.165, 1.54) is 24.4 Å². The van der Waals surface area contributed by atoms with Crippen molar-refractivity contribution in [1.29, 1.82) is 0 Å². The summed E-state index contributed by atoms with van der Waals surface area (Å²) in [6.07, 6.45) is 2.19. The number of hydrogen-bond acceptors (Lipinski definition) is 3. The minimum absolute atomic E-state index is 0.139. The molecule has 4 nitrogen and oxygen atoms in total. The number of pyridine rings is 2. The molecular formula is C11H7F2N3O. The number of hydrogen-bond donors (Lipinski definition) is 1. The van der Waals surface area contributed by atoms with Gasteiger partial charge in [-0.3, -0.25) is 4.79 Å². The van der Waals surface area contributed by atoms with E-state index in [0.717, 1.165) is 12.3 Å². The first-order valence-corrected chi connectivity index (χ1v) is 4.70. The van der Waals surface area contributed by atoms with Crippen LogP contribution in [-0.4, -0.2) is 15.9 Å². The zero-order chi connectivity index (χ0) is 12.3. The van der Waals surface area contributed by atoms with Gasteiger partial charge in [0.2, 0.25) is 5.95 Å². The molecule has 0 aliphatic heterocycles. The molecule has 0 bridgehead atoms. The second-order valence-electron chi connectivity index (χ2n) is 3.16. The summed E-state index contributed by atoms with van der Waals surface area (Å²) >= 11 is 0. The normalized spacial score (nSPS) is 10.0. The lowest BCUT2D eigenvalue weighted by Gasteiger charge is -2.04. The molecule has 0 saturated heterocycles. The van der Waals surface area contributed by atoms with Gasteiger partial charge in [0.1, 0.15) is 11.6 Å². The van der Waals surface area contributed by atoms with Crippen molar-refractivity contribution < 1.29 is 13.6 Å². The van der Waals surface area contributed by atoms with Crippen LogP contribution in [0.4, 0.5) is 14.6 Å². The van der Waals surface area contributed by atoms with Crippen molar-refractivity contribution in [3.05, 3.63) is 54.0 Å². The van der Waals surface area contributed by atoms with Crippen LogP contribution in [0, 0.1) is 11.8 Å². The Morgan fingerprint density at radius 1 is 1.18 bits per heavy atom. The summed E-state index contributed by atoms with van der Waals surface area (Å²) in [5, 5.41) is 2.33. The van der Waals surface area contributed by atoms with Gasteiger partial charge in [0.05, 0.1) is 11.8 Å². The van der Waals surface area contributed by atoms with Gasteiger partial charge in [-0.1, -0.05) is 0 Å². The van der Waals surface area contributed by atoms with Crippen LogP contribution in [0.1, 0.15) is 10.4 Å². The summed E-state index contributed by atoms with van der Waals surface area (Å²) < 4.78 is 25.7. The number of nitrogens with zero attached hydrogens (tertiary/aromatic N) is 2. The molecule has 0 spiro atoms. The smallest absolute Gasteiger partial charge is 0.261 e. The van der Waals surface area contributed by atoms with Gasteiger partial charge < -0.3 is 5.32 Å². The predicted molar refractivity (Wildman–Crippen MR) is 56.3 cm³/mol. The molecule has 0 fully saturated rings. The third-order valence-electron chi connectivity index (χ3n) is 1.97. The van der Waals surface area contributed by atoms with E-state index in [1.807, 2.05) is 0 Å². The van der Waals surface area contributed by atoms with Crippen molar-refractivity contribution in [2.75, 3.05) is 5.32 Å². The third kappa shape index (κ3) is 2.60. The largest absolute Gasteiger partial charge is 0.306 e. The van der Waals surface area contributed by atoms with E-state index in [0.29, 0.717) is 0 Å². The van der Waals surface area contributed by atoms with E-state index in [9.17, 15) is 13.6 Å². The summed E-state index contributed by atoms with van der Waals surface area (Å²) in [7, 11) is 0. The van der Waals surface area contributed by atoms with Gasteiger partial charge in [-0.05, 0) is 24.3 Å². The van der Waals surface area contributed by atoms with Crippen molar-refractivity contribution in [3.8, 4) is 0 Å². The molecule has 6 heteroatoms. The highest BCUT2D eigenvalue weighted by Crippen LogP contribution is 2.08. The fourth-order valence-electron chi connectivity index (χ4n) is 1.19. The van der Waals surface area contributed by atoms with Crippen LogP contribution in [0.15, 0.2) is 36.7 Å². The maximum atomic E-state index is 13.2. The zero-order valence-electron chi connectivity index (χ0n) is 8.52. The number of carbonyl (C=O) groups is 1. The van der Waals surface area contributed by atoms with Gasteiger partial charge in [0.15, 0.2) is 0 Å². The minimum atomic E-state index is -0.868. The fraction of sp³-hybridized carbons (Fsp3) is 0. The van der Waals surface area contributed by atoms with Gasteiger partial charge in [0, 0.05) is 6.20 Å². The Bertz CT molecular complexity index is 543. The molecule has 2 aromatic rings. The standard InChI is InChI=1S/C11H7F2N3O/c12-7-3-4-9(15-6-7)16-11(17)8-2-1-5-14-10(8)13/h1-6H,(H,15,16,17). The van der Waals surface area contributed by atoms with Gasteiger partial charge in [0.25, 0.3) is 5.91 Å². The van der Waals surface area contributed by atoms with Gasteiger partial charge >= 0.3 is 0 Å². The number of aromatic nitrogens is 2. The Kier molecular flexibility index (Phi) is 3.04. The second-order valence-corrected chi connectivity index (χ2v) is 3.16. The average molecular weight is 235 g/mol. The van der Waals surface area contributed by atoms with Crippen LogP contribution in [-0.2, 0) is 0 Å². The van der Waals surface area contributed by atoms with E-state index >= 15 is 0 Å². The summed E-state index contributed by atoms with van der Waals surface area (Å²) in [6, 6.07) is 5.15. The quantitative estimate of drug-likeness (QED) is 0.810. The van der Waals surface area contributed by atoms with Gasteiger partial charge in [-0.25, -0.2) is 14.4 Å². The summed E-state index contributed by atoms with van der Waals surface area (Å²) in [5.41, 5.74) is -0.196. The second kappa shape index (κ2) is 4.65. The molecule has 17 heavy (non-hydrogen) atoms. The summed E-state index contributed by atoms with van der Waals surface area (Å²) in [5.74, 6) is -1.93. The summed E-state index contributed by atoms with van der Waals surface area (Å²) in [4.78, 5) is 18.6. The molecule has 2 aromatic heterocycles. The molecule has 0 radical (unpaired) electrons. The maximum absolute atomic E-state index is 13.2. The highest BCUT2D eigenvalue weighted by atomic mass is 19.1. The van der Waals surface area contributed by atoms with E-state index in [2.05, 4.69) is 15.3 Å². The molecule has 0 aromatic carbocycles. The Hall–Kier alpha value is -2.37. The minimum Gasteiger partial charge on any atom is -0.306 e. The lowest BCUT2D eigenvalue weighted by Crippen LogP contribution is -2.15. The molecule has 1 N–H and O–H groups in total. The Balaban J connectivity index is 2.17. The monoisotopic (exact) mass is 235 g/mol. The molecule has 2 rings (SSSR count). The van der Waals surface area contributed by atoms with Crippen molar-refractivity contribution in [1.82, 2.24) is 9.97 Å². The Labute approximate surface area is 95.3 Å². The predicted octanol–water partition coefficient (Wildman–Crippen LogP) is 2.01. The Morgan fingerprint density at radius 3 is 2.65 bits per heavy atom. The maximum Gasteiger partial charge on any atom is 0.261 e. The third-order valence-corrected chi connectivity index (χ3v) is 1.97. The molecule has 0 aliphatic rings. The molecule has 86 valence electrons. The summed E-state index contributed by atoms with van der Waals surface area (Å²) in [6.45, 7) is 0. The number of halogens is 2. The fourth-order valence-corrected chi connectivity index (χ4v) is 1.19. The molecule has 0 atom stereocenters. The topological polar surface area (TPSA) is 54.9 Å². The van der Waals surface area contributed by atoms with E-state index in [1.54, 1.807) is 0 Å². The number of amides is 1. The molecular weight excluding hydrogens is 228 g/mol. The van der Waals surface area contributed by atoms with E-state index < -0.39 is 17.7 Å². The molecule has 2 heterocycles. The number of nitrogens with one attached hydrogen (secondary N) is 1. The van der Waals surface area contributed by atoms with Crippen molar-refractivity contribution in [2.24, 2.45) is 0 Å². The Morgan fingerprint density at radius 2 is 2.00 bits per heavy atom. The van der Waals surface area contributed by atoms with Crippen LogP contribution in [0.3, 0.4) is 0 Å². The number of carbonyl (C=O) groups excluding carboxylic acids is 1. The number of anilines is 1. The van der Waals surface area contributed by atoms with Crippen molar-refractivity contribution >= 4 is 11.7 Å². The number of rotatable bonds is 2. The molecule has 0 aliphatic carbocycles. The molecule has 1 amide bonds. The molecule has 0 unspecified atom stereocenters. The van der Waals surface area contributed by atoms with E-state index in [4.69, 9.17) is 0 Å².